The van der Waals surface area contributed by atoms with Crippen molar-refractivity contribution < 1.29 is 18.7 Å². The average Bonchev–Trinajstić information content (AvgIpc) is 2.71. The van der Waals surface area contributed by atoms with E-state index in [1.54, 1.807) is 17.0 Å². The topological polar surface area (TPSA) is 58.6 Å². The molecule has 1 saturated heterocycles. The van der Waals surface area contributed by atoms with E-state index in [-0.39, 0.29) is 36.1 Å². The lowest BCUT2D eigenvalue weighted by atomic mass is 9.95. The number of carbonyl (C=O) groups excluding carboxylic acids is 2. The number of benzene rings is 2. The van der Waals surface area contributed by atoms with E-state index in [1.807, 2.05) is 38.1 Å². The van der Waals surface area contributed by atoms with Crippen LogP contribution < -0.4 is 10.1 Å². The summed E-state index contributed by atoms with van der Waals surface area (Å²) in [4.78, 5) is 26.8. The van der Waals surface area contributed by atoms with E-state index >= 15 is 0 Å². The fraction of sp³-hybridized carbons (Fsp3) is 0.391. The van der Waals surface area contributed by atoms with Gasteiger partial charge in [0, 0.05) is 24.7 Å². The van der Waals surface area contributed by atoms with Crippen molar-refractivity contribution in [2.24, 2.45) is 5.92 Å². The molecule has 0 bridgehead atoms. The molecule has 2 amide bonds. The number of likely N-dealkylation sites (tertiary alicyclic amines) is 1. The Bertz CT molecular complexity index is 826. The maximum Gasteiger partial charge on any atom is 0.227 e. The number of carbonyl (C=O) groups is 2. The molecule has 29 heavy (non-hydrogen) atoms. The van der Waals surface area contributed by atoms with Gasteiger partial charge in [0.15, 0.2) is 0 Å². The van der Waals surface area contributed by atoms with Gasteiger partial charge in [-0.3, -0.25) is 9.59 Å². The van der Waals surface area contributed by atoms with E-state index in [4.69, 9.17) is 4.74 Å². The number of piperidine rings is 1. The second-order valence-corrected chi connectivity index (χ2v) is 7.64. The van der Waals surface area contributed by atoms with Crippen molar-refractivity contribution in [2.45, 2.75) is 39.2 Å². The summed E-state index contributed by atoms with van der Waals surface area (Å²) in [5.74, 6) is 0.335. The van der Waals surface area contributed by atoms with Crippen LogP contribution in [0.25, 0.3) is 0 Å². The normalized spacial score (nSPS) is 14.7. The van der Waals surface area contributed by atoms with E-state index in [0.29, 0.717) is 25.9 Å². The second-order valence-electron chi connectivity index (χ2n) is 7.64. The summed E-state index contributed by atoms with van der Waals surface area (Å²) >= 11 is 0. The average molecular weight is 398 g/mol. The Morgan fingerprint density at radius 2 is 1.69 bits per heavy atom. The highest BCUT2D eigenvalue weighted by atomic mass is 19.1. The van der Waals surface area contributed by atoms with Crippen LogP contribution >= 0.6 is 0 Å². The van der Waals surface area contributed by atoms with Crippen LogP contribution in [-0.2, 0) is 16.0 Å². The predicted octanol–water partition coefficient (Wildman–Crippen LogP) is 4.03. The molecule has 0 aromatic heterocycles. The van der Waals surface area contributed by atoms with Crippen LogP contribution in [0.15, 0.2) is 48.5 Å². The van der Waals surface area contributed by atoms with Crippen LogP contribution in [0.1, 0.15) is 32.3 Å². The molecule has 0 aliphatic carbocycles. The fourth-order valence-electron chi connectivity index (χ4n) is 3.41. The van der Waals surface area contributed by atoms with Crippen LogP contribution in [0.5, 0.6) is 5.75 Å². The predicted molar refractivity (Wildman–Crippen MR) is 110 cm³/mol. The minimum Gasteiger partial charge on any atom is -0.491 e. The number of halogens is 1. The molecular formula is C23H27FN2O3. The van der Waals surface area contributed by atoms with E-state index in [2.05, 4.69) is 5.32 Å². The third kappa shape index (κ3) is 6.04. The van der Waals surface area contributed by atoms with Gasteiger partial charge in [-0.15, -0.1) is 0 Å². The lowest BCUT2D eigenvalue weighted by Gasteiger charge is -2.31. The number of nitrogens with zero attached hydrogens (tertiary/aromatic N) is 1. The SMILES string of the molecule is CC(C)Oc1ccc(NC(=O)C2CCN(C(=O)Cc3ccc(F)cc3)CC2)cc1. The molecule has 0 unspecified atom stereocenters. The van der Waals surface area contributed by atoms with Gasteiger partial charge >= 0.3 is 0 Å². The first-order valence-electron chi connectivity index (χ1n) is 10.0. The van der Waals surface area contributed by atoms with E-state index < -0.39 is 0 Å². The van der Waals surface area contributed by atoms with Gasteiger partial charge in [-0.1, -0.05) is 12.1 Å². The molecule has 2 aromatic carbocycles. The first-order chi connectivity index (χ1) is 13.9. The van der Waals surface area contributed by atoms with Gasteiger partial charge in [0.2, 0.25) is 11.8 Å². The van der Waals surface area contributed by atoms with Gasteiger partial charge in [0.05, 0.1) is 12.5 Å². The van der Waals surface area contributed by atoms with E-state index in [1.165, 1.54) is 12.1 Å². The van der Waals surface area contributed by atoms with Crippen molar-refractivity contribution >= 4 is 17.5 Å². The Kier molecular flexibility index (Phi) is 6.86. The standard InChI is InChI=1S/C23H27FN2O3/c1-16(2)29-21-9-7-20(8-10-21)25-23(28)18-11-13-26(14-12-18)22(27)15-17-3-5-19(24)6-4-17/h3-10,16,18H,11-15H2,1-2H3,(H,25,28). The highest BCUT2D eigenvalue weighted by Gasteiger charge is 2.27. The molecule has 0 spiro atoms. The molecule has 154 valence electrons. The van der Waals surface area contributed by atoms with E-state index in [9.17, 15) is 14.0 Å². The molecule has 6 heteroatoms. The molecule has 3 rings (SSSR count). The summed E-state index contributed by atoms with van der Waals surface area (Å²) in [5.41, 5.74) is 1.53. The Morgan fingerprint density at radius 1 is 1.07 bits per heavy atom. The number of rotatable bonds is 6. The first kappa shape index (κ1) is 20.8. The van der Waals surface area contributed by atoms with Crippen LogP contribution in [-0.4, -0.2) is 35.9 Å². The zero-order valence-corrected chi connectivity index (χ0v) is 16.9. The molecule has 0 atom stereocenters. The van der Waals surface area contributed by atoms with Gasteiger partial charge in [-0.25, -0.2) is 4.39 Å². The second kappa shape index (κ2) is 9.54. The largest absolute Gasteiger partial charge is 0.491 e. The van der Waals surface area contributed by atoms with Crippen molar-refractivity contribution in [1.82, 2.24) is 4.90 Å². The van der Waals surface area contributed by atoms with Gasteiger partial charge < -0.3 is 15.0 Å². The maximum absolute atomic E-state index is 13.0. The highest BCUT2D eigenvalue weighted by Crippen LogP contribution is 2.22. The third-order valence-electron chi connectivity index (χ3n) is 4.98. The number of anilines is 1. The summed E-state index contributed by atoms with van der Waals surface area (Å²) in [6.45, 7) is 5.04. The van der Waals surface area contributed by atoms with Gasteiger partial charge in [0.25, 0.3) is 0 Å². The van der Waals surface area contributed by atoms with Gasteiger partial charge in [-0.2, -0.15) is 0 Å². The molecule has 0 radical (unpaired) electrons. The highest BCUT2D eigenvalue weighted by molar-refractivity contribution is 5.92. The molecule has 1 aliphatic rings. The van der Waals surface area contributed by atoms with Crippen LogP contribution in [0, 0.1) is 11.7 Å². The Morgan fingerprint density at radius 3 is 2.28 bits per heavy atom. The summed E-state index contributed by atoms with van der Waals surface area (Å²) in [6, 6.07) is 13.3. The molecule has 1 heterocycles. The summed E-state index contributed by atoms with van der Waals surface area (Å²) < 4.78 is 18.6. The maximum atomic E-state index is 13.0. The first-order valence-corrected chi connectivity index (χ1v) is 10.0. The molecule has 5 nitrogen and oxygen atoms in total. The molecule has 1 aliphatic heterocycles. The number of hydrogen-bond donors (Lipinski definition) is 1. The Hall–Kier alpha value is -2.89. The Balaban J connectivity index is 1.46. The number of hydrogen-bond acceptors (Lipinski definition) is 3. The molecule has 1 N–H and O–H groups in total. The monoisotopic (exact) mass is 398 g/mol. The van der Waals surface area contributed by atoms with Gasteiger partial charge in [-0.05, 0) is 68.7 Å². The number of nitrogens with one attached hydrogen (secondary N) is 1. The Labute approximate surface area is 170 Å². The zero-order valence-electron chi connectivity index (χ0n) is 16.9. The summed E-state index contributed by atoms with van der Waals surface area (Å²) in [5, 5.41) is 2.95. The molecule has 2 aromatic rings. The minimum absolute atomic E-state index is 0.0104. The lowest BCUT2D eigenvalue weighted by Crippen LogP contribution is -2.42. The minimum atomic E-state index is -0.310. The van der Waals surface area contributed by atoms with Crippen molar-refractivity contribution in [2.75, 3.05) is 18.4 Å². The lowest BCUT2D eigenvalue weighted by molar-refractivity contribution is -0.133. The summed E-state index contributed by atoms with van der Waals surface area (Å²) in [7, 11) is 0. The number of ether oxygens (including phenoxy) is 1. The van der Waals surface area contributed by atoms with Crippen molar-refractivity contribution in [3.05, 3.63) is 59.9 Å². The quantitative estimate of drug-likeness (QED) is 0.799. The zero-order chi connectivity index (χ0) is 20.8. The molecule has 1 fully saturated rings. The summed E-state index contributed by atoms with van der Waals surface area (Å²) in [6.07, 6.45) is 1.62. The van der Waals surface area contributed by atoms with Crippen molar-refractivity contribution in [1.29, 1.82) is 0 Å². The number of amides is 2. The fourth-order valence-corrected chi connectivity index (χ4v) is 3.41. The van der Waals surface area contributed by atoms with Crippen LogP contribution in [0.3, 0.4) is 0 Å². The smallest absolute Gasteiger partial charge is 0.227 e. The van der Waals surface area contributed by atoms with Crippen LogP contribution in [0.2, 0.25) is 0 Å². The molecule has 0 saturated carbocycles. The third-order valence-corrected chi connectivity index (χ3v) is 4.98. The van der Waals surface area contributed by atoms with Crippen molar-refractivity contribution in [3.8, 4) is 5.75 Å². The van der Waals surface area contributed by atoms with E-state index in [0.717, 1.165) is 17.0 Å². The molecular weight excluding hydrogens is 371 g/mol. The van der Waals surface area contributed by atoms with Gasteiger partial charge in [0.1, 0.15) is 11.6 Å². The van der Waals surface area contributed by atoms with Crippen molar-refractivity contribution in [3.63, 3.8) is 0 Å². The van der Waals surface area contributed by atoms with Crippen LogP contribution in [0.4, 0.5) is 10.1 Å².